The highest BCUT2D eigenvalue weighted by molar-refractivity contribution is 7.89. The maximum atomic E-state index is 12.9. The average molecular weight is 488 g/mol. The number of carbonyl (C=O) groups is 2. The number of rotatable bonds is 7. The summed E-state index contributed by atoms with van der Waals surface area (Å²) in [5, 5.41) is 3.12. The second-order valence-electron chi connectivity index (χ2n) is 7.86. The first-order chi connectivity index (χ1) is 15.8. The zero-order chi connectivity index (χ0) is 23.6. The topological polar surface area (TPSA) is 106 Å². The van der Waals surface area contributed by atoms with Gasteiger partial charge >= 0.3 is 5.97 Å². The molecule has 0 bridgehead atoms. The monoisotopic (exact) mass is 487 g/mol. The van der Waals surface area contributed by atoms with Gasteiger partial charge in [-0.25, -0.2) is 18.2 Å². The van der Waals surface area contributed by atoms with E-state index in [2.05, 4.69) is 10.3 Å². The maximum absolute atomic E-state index is 12.9. The van der Waals surface area contributed by atoms with Gasteiger partial charge in [0.25, 0.3) is 5.91 Å². The van der Waals surface area contributed by atoms with Crippen molar-refractivity contribution in [2.24, 2.45) is 0 Å². The number of sulfonamides is 1. The molecule has 0 aliphatic heterocycles. The fourth-order valence-corrected chi connectivity index (χ4v) is 6.21. The normalized spacial score (nSPS) is 14.6. The molecule has 3 aromatic rings. The third kappa shape index (κ3) is 4.92. The summed E-state index contributed by atoms with van der Waals surface area (Å²) in [7, 11) is -1.99. The molecule has 1 saturated carbocycles. The molecular formula is C23H25N3O5S2. The number of fused-ring (bicyclic) bond motifs is 1. The number of aromatic nitrogens is 1. The van der Waals surface area contributed by atoms with E-state index >= 15 is 0 Å². The van der Waals surface area contributed by atoms with Gasteiger partial charge in [0.05, 0.1) is 27.3 Å². The molecule has 0 radical (unpaired) electrons. The molecule has 33 heavy (non-hydrogen) atoms. The number of anilines is 1. The van der Waals surface area contributed by atoms with Crippen LogP contribution in [0.3, 0.4) is 0 Å². The van der Waals surface area contributed by atoms with Crippen LogP contribution in [0.4, 0.5) is 5.13 Å². The molecule has 174 valence electrons. The van der Waals surface area contributed by atoms with Gasteiger partial charge in [-0.3, -0.25) is 10.1 Å². The van der Waals surface area contributed by atoms with E-state index in [0.717, 1.165) is 30.4 Å². The first-order valence-corrected chi connectivity index (χ1v) is 13.0. The van der Waals surface area contributed by atoms with E-state index in [1.165, 1.54) is 39.9 Å². The standard InChI is InChI=1S/C23H25N3O5S2/c1-3-31-22(28)16-10-13-19-20(14-16)32-23(24-19)25-21(27)15-8-11-18(12-9-15)33(29,30)26(2)17-6-4-5-7-17/h8-14,17H,3-7H2,1-2H3,(H,24,25,27). The summed E-state index contributed by atoms with van der Waals surface area (Å²) < 4.78 is 33.0. The van der Waals surface area contributed by atoms with Crippen molar-refractivity contribution in [3.8, 4) is 0 Å². The molecule has 1 fully saturated rings. The number of esters is 1. The molecule has 1 N–H and O–H groups in total. The van der Waals surface area contributed by atoms with Gasteiger partial charge in [-0.15, -0.1) is 0 Å². The lowest BCUT2D eigenvalue weighted by molar-refractivity contribution is 0.0526. The summed E-state index contributed by atoms with van der Waals surface area (Å²) in [5.74, 6) is -0.806. The predicted octanol–water partition coefficient (Wildman–Crippen LogP) is 4.29. The van der Waals surface area contributed by atoms with E-state index in [1.807, 2.05) is 0 Å². The third-order valence-electron chi connectivity index (χ3n) is 5.75. The highest BCUT2D eigenvalue weighted by Crippen LogP contribution is 2.29. The Morgan fingerprint density at radius 3 is 2.45 bits per heavy atom. The first-order valence-electron chi connectivity index (χ1n) is 10.8. The van der Waals surface area contributed by atoms with E-state index in [1.54, 1.807) is 32.2 Å². The Kier molecular flexibility index (Phi) is 6.78. The molecule has 1 aliphatic carbocycles. The number of thiazole rings is 1. The Morgan fingerprint density at radius 2 is 1.79 bits per heavy atom. The number of benzene rings is 2. The van der Waals surface area contributed by atoms with Crippen molar-refractivity contribution >= 4 is 48.6 Å². The van der Waals surface area contributed by atoms with Crippen LogP contribution in [0.1, 0.15) is 53.3 Å². The molecular weight excluding hydrogens is 462 g/mol. The average Bonchev–Trinajstić information content (AvgIpc) is 3.48. The number of hydrogen-bond acceptors (Lipinski definition) is 7. The minimum absolute atomic E-state index is 0.0290. The SMILES string of the molecule is CCOC(=O)c1ccc2nc(NC(=O)c3ccc(S(=O)(=O)N(C)C4CCCC4)cc3)sc2c1. The second kappa shape index (κ2) is 9.58. The van der Waals surface area contributed by atoms with Gasteiger partial charge in [-0.1, -0.05) is 24.2 Å². The van der Waals surface area contributed by atoms with Crippen LogP contribution in [0, 0.1) is 0 Å². The van der Waals surface area contributed by atoms with E-state index in [-0.39, 0.29) is 17.5 Å². The number of nitrogens with one attached hydrogen (secondary N) is 1. The molecule has 1 heterocycles. The summed E-state index contributed by atoms with van der Waals surface area (Å²) in [6.45, 7) is 2.03. The number of amides is 1. The fraction of sp³-hybridized carbons (Fsp3) is 0.348. The zero-order valence-electron chi connectivity index (χ0n) is 18.4. The highest BCUT2D eigenvalue weighted by atomic mass is 32.2. The zero-order valence-corrected chi connectivity index (χ0v) is 20.0. The van der Waals surface area contributed by atoms with Crippen LogP contribution < -0.4 is 5.32 Å². The lowest BCUT2D eigenvalue weighted by atomic mass is 10.2. The molecule has 2 aromatic carbocycles. The maximum Gasteiger partial charge on any atom is 0.338 e. The van der Waals surface area contributed by atoms with Crippen molar-refractivity contribution in [3.05, 3.63) is 53.6 Å². The van der Waals surface area contributed by atoms with Gasteiger partial charge in [0.2, 0.25) is 10.0 Å². The summed E-state index contributed by atoms with van der Waals surface area (Å²) in [4.78, 5) is 29.1. The Labute approximate surface area is 196 Å². The van der Waals surface area contributed by atoms with Crippen molar-refractivity contribution in [1.82, 2.24) is 9.29 Å². The minimum Gasteiger partial charge on any atom is -0.462 e. The van der Waals surface area contributed by atoms with Crippen molar-refractivity contribution in [2.45, 2.75) is 43.5 Å². The highest BCUT2D eigenvalue weighted by Gasteiger charge is 2.30. The number of ether oxygens (including phenoxy) is 1. The third-order valence-corrected chi connectivity index (χ3v) is 8.61. The Bertz CT molecular complexity index is 1280. The number of hydrogen-bond donors (Lipinski definition) is 1. The van der Waals surface area contributed by atoms with Gasteiger partial charge in [0.1, 0.15) is 0 Å². The van der Waals surface area contributed by atoms with Crippen molar-refractivity contribution < 1.29 is 22.7 Å². The molecule has 0 spiro atoms. The molecule has 0 saturated heterocycles. The minimum atomic E-state index is -3.60. The van der Waals surface area contributed by atoms with Gasteiger partial charge in [-0.05, 0) is 62.2 Å². The lowest BCUT2D eigenvalue weighted by Gasteiger charge is -2.23. The predicted molar refractivity (Wildman–Crippen MR) is 127 cm³/mol. The van der Waals surface area contributed by atoms with Gasteiger partial charge in [-0.2, -0.15) is 4.31 Å². The van der Waals surface area contributed by atoms with Crippen molar-refractivity contribution in [2.75, 3.05) is 19.0 Å². The van der Waals surface area contributed by atoms with Crippen LogP contribution in [0.25, 0.3) is 10.2 Å². The molecule has 1 amide bonds. The van der Waals surface area contributed by atoms with Crippen LogP contribution in [-0.4, -0.2) is 49.3 Å². The summed E-state index contributed by atoms with van der Waals surface area (Å²) >= 11 is 1.24. The largest absolute Gasteiger partial charge is 0.462 e. The number of nitrogens with zero attached hydrogens (tertiary/aromatic N) is 2. The summed E-state index contributed by atoms with van der Waals surface area (Å²) in [6.07, 6.45) is 3.83. The summed E-state index contributed by atoms with van der Waals surface area (Å²) in [5.41, 5.74) is 1.40. The van der Waals surface area contributed by atoms with Gasteiger partial charge in [0, 0.05) is 18.7 Å². The summed E-state index contributed by atoms with van der Waals surface area (Å²) in [6, 6.07) is 11.0. The van der Waals surface area contributed by atoms with Crippen LogP contribution in [0.15, 0.2) is 47.4 Å². The van der Waals surface area contributed by atoms with E-state index in [4.69, 9.17) is 4.74 Å². The Morgan fingerprint density at radius 1 is 1.12 bits per heavy atom. The molecule has 1 aromatic heterocycles. The van der Waals surface area contributed by atoms with Crippen molar-refractivity contribution in [3.63, 3.8) is 0 Å². The first kappa shape index (κ1) is 23.3. The van der Waals surface area contributed by atoms with Crippen LogP contribution in [0.5, 0.6) is 0 Å². The van der Waals surface area contributed by atoms with Gasteiger partial charge in [0.15, 0.2) is 5.13 Å². The van der Waals surface area contributed by atoms with Crippen LogP contribution >= 0.6 is 11.3 Å². The molecule has 0 atom stereocenters. The smallest absolute Gasteiger partial charge is 0.338 e. The Balaban J connectivity index is 1.47. The molecule has 8 nitrogen and oxygen atoms in total. The van der Waals surface area contributed by atoms with Crippen LogP contribution in [0.2, 0.25) is 0 Å². The molecule has 0 unspecified atom stereocenters. The molecule has 10 heteroatoms. The van der Waals surface area contributed by atoms with Crippen molar-refractivity contribution in [1.29, 1.82) is 0 Å². The van der Waals surface area contributed by atoms with E-state index in [0.29, 0.717) is 21.8 Å². The van der Waals surface area contributed by atoms with E-state index < -0.39 is 21.9 Å². The quantitative estimate of drug-likeness (QED) is 0.499. The second-order valence-corrected chi connectivity index (χ2v) is 10.9. The van der Waals surface area contributed by atoms with Crippen LogP contribution in [-0.2, 0) is 14.8 Å². The lowest BCUT2D eigenvalue weighted by Crippen LogP contribution is -2.35. The number of carbonyl (C=O) groups excluding carboxylic acids is 2. The molecule has 1 aliphatic rings. The van der Waals surface area contributed by atoms with Gasteiger partial charge < -0.3 is 4.74 Å². The molecule has 4 rings (SSSR count). The van der Waals surface area contributed by atoms with E-state index in [9.17, 15) is 18.0 Å². The Hall–Kier alpha value is -2.82. The fourth-order valence-electron chi connectivity index (χ4n) is 3.90.